The van der Waals surface area contributed by atoms with E-state index in [0.29, 0.717) is 17.7 Å². The van der Waals surface area contributed by atoms with Crippen LogP contribution in [0.1, 0.15) is 24.9 Å². The van der Waals surface area contributed by atoms with Crippen molar-refractivity contribution < 1.29 is 4.92 Å². The molecule has 0 aliphatic rings. The lowest BCUT2D eigenvalue weighted by Gasteiger charge is -2.11. The molecule has 1 aromatic carbocycles. The van der Waals surface area contributed by atoms with Gasteiger partial charge in [-0.15, -0.1) is 0 Å². The van der Waals surface area contributed by atoms with Crippen molar-refractivity contribution in [1.29, 1.82) is 0 Å². The van der Waals surface area contributed by atoms with Gasteiger partial charge in [-0.25, -0.2) is 0 Å². The number of rotatable bonds is 3. The number of nitro benzene ring substituents is 1. The quantitative estimate of drug-likeness (QED) is 0.435. The molecule has 1 unspecified atom stereocenters. The van der Waals surface area contributed by atoms with Crippen molar-refractivity contribution in [2.75, 3.05) is 5.73 Å². The zero-order chi connectivity index (χ0) is 10.7. The first-order chi connectivity index (χ1) is 6.56. The summed E-state index contributed by atoms with van der Waals surface area (Å²) < 4.78 is 0. The Bertz CT molecular complexity index is 352. The second-order valence-electron chi connectivity index (χ2n) is 3.09. The Labute approximate surface area is 81.9 Å². The van der Waals surface area contributed by atoms with Crippen LogP contribution in [-0.2, 0) is 0 Å². The van der Waals surface area contributed by atoms with Gasteiger partial charge in [-0.3, -0.25) is 10.1 Å². The van der Waals surface area contributed by atoms with Crippen molar-refractivity contribution in [2.24, 2.45) is 5.73 Å². The molecule has 14 heavy (non-hydrogen) atoms. The molecule has 0 amide bonds. The molecule has 0 aliphatic carbocycles. The fourth-order valence-electron chi connectivity index (χ4n) is 1.22. The Hall–Kier alpha value is -1.62. The minimum atomic E-state index is -0.453. The number of nitrogens with two attached hydrogens (primary N) is 2. The van der Waals surface area contributed by atoms with Gasteiger partial charge >= 0.3 is 0 Å². The molecule has 0 aromatic heterocycles. The van der Waals surface area contributed by atoms with Crippen LogP contribution < -0.4 is 11.5 Å². The van der Waals surface area contributed by atoms with Crippen LogP contribution in [0.3, 0.4) is 0 Å². The summed E-state index contributed by atoms with van der Waals surface area (Å²) in [6.07, 6.45) is 0.700. The van der Waals surface area contributed by atoms with Gasteiger partial charge in [0.05, 0.1) is 4.92 Å². The molecule has 76 valence electrons. The highest BCUT2D eigenvalue weighted by Crippen LogP contribution is 2.25. The Morgan fingerprint density at radius 1 is 1.57 bits per heavy atom. The van der Waals surface area contributed by atoms with E-state index < -0.39 is 4.92 Å². The molecule has 1 aromatic rings. The first-order valence-corrected chi connectivity index (χ1v) is 4.35. The molecule has 0 fully saturated rings. The number of nitro groups is 1. The van der Waals surface area contributed by atoms with Gasteiger partial charge in [0.25, 0.3) is 5.69 Å². The zero-order valence-corrected chi connectivity index (χ0v) is 7.93. The van der Waals surface area contributed by atoms with Gasteiger partial charge in [-0.2, -0.15) is 0 Å². The van der Waals surface area contributed by atoms with Gasteiger partial charge in [0.2, 0.25) is 0 Å². The van der Waals surface area contributed by atoms with E-state index >= 15 is 0 Å². The van der Waals surface area contributed by atoms with Crippen LogP contribution in [0, 0.1) is 10.1 Å². The van der Waals surface area contributed by atoms with Crippen LogP contribution in [0.15, 0.2) is 18.2 Å². The van der Waals surface area contributed by atoms with E-state index in [1.165, 1.54) is 18.2 Å². The first-order valence-electron chi connectivity index (χ1n) is 4.35. The lowest BCUT2D eigenvalue weighted by molar-refractivity contribution is -0.384. The highest BCUT2D eigenvalue weighted by atomic mass is 16.6. The molecule has 0 bridgehead atoms. The molecule has 1 rings (SSSR count). The van der Waals surface area contributed by atoms with Crippen LogP contribution in [0.5, 0.6) is 0 Å². The van der Waals surface area contributed by atoms with Gasteiger partial charge in [0, 0.05) is 23.9 Å². The maximum atomic E-state index is 10.5. The van der Waals surface area contributed by atoms with Crippen LogP contribution in [0.4, 0.5) is 11.4 Å². The van der Waals surface area contributed by atoms with Gasteiger partial charge in [0.1, 0.15) is 0 Å². The summed E-state index contributed by atoms with van der Waals surface area (Å²) in [5.74, 6) is 0. The van der Waals surface area contributed by atoms with Crippen molar-refractivity contribution in [3.8, 4) is 0 Å². The average molecular weight is 195 g/mol. The predicted molar refractivity (Wildman–Crippen MR) is 54.7 cm³/mol. The van der Waals surface area contributed by atoms with E-state index in [1.54, 1.807) is 0 Å². The smallest absolute Gasteiger partial charge is 0.269 e. The summed E-state index contributed by atoms with van der Waals surface area (Å²) in [6.45, 7) is 1.91. The monoisotopic (exact) mass is 195 g/mol. The second kappa shape index (κ2) is 4.06. The van der Waals surface area contributed by atoms with Crippen LogP contribution in [0.25, 0.3) is 0 Å². The molecule has 0 saturated carbocycles. The number of non-ortho nitro benzene ring substituents is 1. The van der Waals surface area contributed by atoms with Crippen molar-refractivity contribution >= 4 is 11.4 Å². The molecule has 5 heteroatoms. The largest absolute Gasteiger partial charge is 0.398 e. The third kappa shape index (κ3) is 2.00. The first kappa shape index (κ1) is 10.5. The van der Waals surface area contributed by atoms with Crippen molar-refractivity contribution in [3.63, 3.8) is 0 Å². The third-order valence-corrected chi connectivity index (χ3v) is 2.12. The maximum Gasteiger partial charge on any atom is 0.269 e. The van der Waals surface area contributed by atoms with E-state index in [2.05, 4.69) is 0 Å². The molecule has 0 radical (unpaired) electrons. The number of benzene rings is 1. The molecule has 0 spiro atoms. The van der Waals surface area contributed by atoms with Crippen molar-refractivity contribution in [2.45, 2.75) is 19.4 Å². The molecular formula is C9H13N3O2. The Morgan fingerprint density at radius 2 is 2.21 bits per heavy atom. The molecule has 1 atom stereocenters. The minimum absolute atomic E-state index is 0.0260. The standard InChI is InChI=1S/C9H13N3O2/c1-2-8(10)7-5-6(12(13)14)3-4-9(7)11/h3-5,8H,2,10-11H2,1H3. The van der Waals surface area contributed by atoms with Gasteiger partial charge in [-0.1, -0.05) is 6.92 Å². The molecular weight excluding hydrogens is 182 g/mol. The number of nitrogen functional groups attached to an aromatic ring is 1. The summed E-state index contributed by atoms with van der Waals surface area (Å²) >= 11 is 0. The highest BCUT2D eigenvalue weighted by molar-refractivity contribution is 5.53. The lowest BCUT2D eigenvalue weighted by atomic mass is 10.0. The van der Waals surface area contributed by atoms with E-state index in [0.717, 1.165) is 0 Å². The second-order valence-corrected chi connectivity index (χ2v) is 3.09. The van der Waals surface area contributed by atoms with Crippen LogP contribution >= 0.6 is 0 Å². The summed E-state index contributed by atoms with van der Waals surface area (Å²) in [7, 11) is 0. The van der Waals surface area contributed by atoms with E-state index in [9.17, 15) is 10.1 Å². The summed E-state index contributed by atoms with van der Waals surface area (Å²) in [6, 6.07) is 4.09. The molecule has 0 heterocycles. The highest BCUT2D eigenvalue weighted by Gasteiger charge is 2.13. The summed E-state index contributed by atoms with van der Waals surface area (Å²) in [5.41, 5.74) is 12.6. The van der Waals surface area contributed by atoms with E-state index in [4.69, 9.17) is 11.5 Å². The Morgan fingerprint density at radius 3 is 2.71 bits per heavy atom. The SMILES string of the molecule is CCC(N)c1cc([N+](=O)[O-])ccc1N. The topological polar surface area (TPSA) is 95.2 Å². The summed E-state index contributed by atoms with van der Waals surface area (Å²) in [4.78, 5) is 10.0. The van der Waals surface area contributed by atoms with Crippen LogP contribution in [-0.4, -0.2) is 4.92 Å². The zero-order valence-electron chi connectivity index (χ0n) is 7.93. The summed E-state index contributed by atoms with van der Waals surface area (Å²) in [5, 5.41) is 10.5. The average Bonchev–Trinajstić information content (AvgIpc) is 2.17. The number of nitrogens with zero attached hydrogens (tertiary/aromatic N) is 1. The predicted octanol–water partition coefficient (Wildman–Crippen LogP) is 1.59. The molecule has 0 aliphatic heterocycles. The number of anilines is 1. The maximum absolute atomic E-state index is 10.5. The molecule has 5 nitrogen and oxygen atoms in total. The lowest BCUT2D eigenvalue weighted by Crippen LogP contribution is -2.11. The van der Waals surface area contributed by atoms with E-state index in [1.807, 2.05) is 6.92 Å². The van der Waals surface area contributed by atoms with E-state index in [-0.39, 0.29) is 11.7 Å². The van der Waals surface area contributed by atoms with Crippen molar-refractivity contribution in [3.05, 3.63) is 33.9 Å². The van der Waals surface area contributed by atoms with Gasteiger partial charge < -0.3 is 11.5 Å². The van der Waals surface area contributed by atoms with Crippen LogP contribution in [0.2, 0.25) is 0 Å². The molecule has 4 N–H and O–H groups in total. The minimum Gasteiger partial charge on any atom is -0.398 e. The fraction of sp³-hybridized carbons (Fsp3) is 0.333. The molecule has 0 saturated heterocycles. The normalized spacial score (nSPS) is 12.4. The van der Waals surface area contributed by atoms with Gasteiger partial charge in [-0.05, 0) is 18.1 Å². The van der Waals surface area contributed by atoms with Gasteiger partial charge in [0.15, 0.2) is 0 Å². The third-order valence-electron chi connectivity index (χ3n) is 2.12. The Kier molecular flexibility index (Phi) is 3.03. The van der Waals surface area contributed by atoms with Crippen molar-refractivity contribution in [1.82, 2.24) is 0 Å². The number of hydrogen-bond acceptors (Lipinski definition) is 4. The Balaban J connectivity index is 3.14. The number of hydrogen-bond donors (Lipinski definition) is 2. The fourth-order valence-corrected chi connectivity index (χ4v) is 1.22.